The minimum absolute atomic E-state index is 0.137. The van der Waals surface area contributed by atoms with E-state index in [-0.39, 0.29) is 11.3 Å². The summed E-state index contributed by atoms with van der Waals surface area (Å²) < 4.78 is 0. The number of aromatic carboxylic acids is 1. The van der Waals surface area contributed by atoms with E-state index in [9.17, 15) is 9.59 Å². The molecular formula is C11H10N2O3. The van der Waals surface area contributed by atoms with Crippen molar-refractivity contribution in [2.45, 2.75) is 6.92 Å². The maximum atomic E-state index is 11.4. The Kier molecular flexibility index (Phi) is 2.16. The van der Waals surface area contributed by atoms with Crippen LogP contribution in [-0.2, 0) is 0 Å². The summed E-state index contributed by atoms with van der Waals surface area (Å²) in [5.74, 6) is -1.20. The van der Waals surface area contributed by atoms with Crippen molar-refractivity contribution in [3.05, 3.63) is 39.7 Å². The number of aromatic nitrogens is 1. The monoisotopic (exact) mass is 218 g/mol. The Morgan fingerprint density at radius 1 is 1.44 bits per heavy atom. The van der Waals surface area contributed by atoms with Gasteiger partial charge in [-0.05, 0) is 19.1 Å². The van der Waals surface area contributed by atoms with Crippen molar-refractivity contribution in [2.75, 3.05) is 5.73 Å². The molecule has 0 saturated heterocycles. The fourth-order valence-corrected chi connectivity index (χ4v) is 1.65. The third-order valence-corrected chi connectivity index (χ3v) is 2.42. The number of pyridine rings is 1. The molecule has 1 heterocycles. The predicted molar refractivity (Wildman–Crippen MR) is 60.7 cm³/mol. The van der Waals surface area contributed by atoms with Gasteiger partial charge in [0.05, 0.1) is 5.56 Å². The fraction of sp³-hybridized carbons (Fsp3) is 0.0909. The van der Waals surface area contributed by atoms with Crippen LogP contribution in [0.1, 0.15) is 15.9 Å². The molecule has 0 radical (unpaired) electrons. The molecule has 0 saturated carbocycles. The van der Waals surface area contributed by atoms with Crippen LogP contribution < -0.4 is 11.3 Å². The van der Waals surface area contributed by atoms with E-state index in [1.807, 2.05) is 6.92 Å². The molecule has 0 spiro atoms. The number of nitrogens with one attached hydrogen (secondary N) is 1. The molecule has 0 unspecified atom stereocenters. The second-order valence-electron chi connectivity index (χ2n) is 3.60. The number of hydrogen-bond acceptors (Lipinski definition) is 3. The number of nitrogen functional groups attached to an aromatic ring is 1. The Hall–Kier alpha value is -2.30. The Bertz CT molecular complexity index is 643. The summed E-state index contributed by atoms with van der Waals surface area (Å²) in [5, 5.41) is 9.49. The smallest absolute Gasteiger partial charge is 0.338 e. The second kappa shape index (κ2) is 3.37. The fourth-order valence-electron chi connectivity index (χ4n) is 1.65. The Labute approximate surface area is 90.5 Å². The Balaban J connectivity index is 3.02. The van der Waals surface area contributed by atoms with Crippen LogP contribution in [0.3, 0.4) is 0 Å². The van der Waals surface area contributed by atoms with E-state index in [1.54, 1.807) is 18.2 Å². The average molecular weight is 218 g/mol. The number of anilines is 1. The van der Waals surface area contributed by atoms with Gasteiger partial charge in [0.1, 0.15) is 5.69 Å². The average Bonchev–Trinajstić information content (AvgIpc) is 2.20. The number of nitrogens with two attached hydrogens (primary N) is 1. The molecule has 0 aliphatic carbocycles. The number of rotatable bonds is 1. The minimum Gasteiger partial charge on any atom is -0.478 e. The number of aryl methyl sites for hydroxylation is 1. The van der Waals surface area contributed by atoms with Crippen LogP contribution in [0.5, 0.6) is 0 Å². The third kappa shape index (κ3) is 1.42. The lowest BCUT2D eigenvalue weighted by atomic mass is 10.1. The van der Waals surface area contributed by atoms with Gasteiger partial charge in [0.25, 0.3) is 5.56 Å². The quantitative estimate of drug-likeness (QED) is 0.668. The van der Waals surface area contributed by atoms with Crippen molar-refractivity contribution in [1.82, 2.24) is 4.98 Å². The molecule has 0 amide bonds. The van der Waals surface area contributed by atoms with Gasteiger partial charge in [-0.25, -0.2) is 4.79 Å². The zero-order chi connectivity index (χ0) is 11.9. The Morgan fingerprint density at radius 3 is 2.75 bits per heavy atom. The van der Waals surface area contributed by atoms with Crippen LogP contribution in [0.25, 0.3) is 10.9 Å². The van der Waals surface area contributed by atoms with Crippen LogP contribution >= 0.6 is 0 Å². The molecule has 4 N–H and O–H groups in total. The predicted octanol–water partition coefficient (Wildman–Crippen LogP) is 1.12. The van der Waals surface area contributed by atoms with Gasteiger partial charge in [0, 0.05) is 10.9 Å². The molecule has 5 nitrogen and oxygen atoms in total. The van der Waals surface area contributed by atoms with E-state index in [0.717, 1.165) is 5.56 Å². The topological polar surface area (TPSA) is 96.2 Å². The highest BCUT2D eigenvalue weighted by Gasteiger charge is 2.15. The molecule has 1 aromatic carbocycles. The number of fused-ring (bicyclic) bond motifs is 1. The van der Waals surface area contributed by atoms with E-state index in [0.29, 0.717) is 10.9 Å². The summed E-state index contributed by atoms with van der Waals surface area (Å²) in [6.45, 7) is 1.84. The van der Waals surface area contributed by atoms with Crippen molar-refractivity contribution < 1.29 is 9.90 Å². The lowest BCUT2D eigenvalue weighted by Gasteiger charge is -2.06. The van der Waals surface area contributed by atoms with Crippen LogP contribution in [0.15, 0.2) is 23.0 Å². The molecular weight excluding hydrogens is 208 g/mol. The lowest BCUT2D eigenvalue weighted by Crippen LogP contribution is -2.17. The molecule has 2 aromatic rings. The van der Waals surface area contributed by atoms with E-state index >= 15 is 0 Å². The number of H-pyrrole nitrogens is 1. The second-order valence-corrected chi connectivity index (χ2v) is 3.60. The zero-order valence-corrected chi connectivity index (χ0v) is 8.57. The van der Waals surface area contributed by atoms with Crippen molar-refractivity contribution in [3.8, 4) is 0 Å². The molecule has 0 bridgehead atoms. The number of benzene rings is 1. The molecule has 82 valence electrons. The molecule has 0 aliphatic rings. The van der Waals surface area contributed by atoms with Crippen molar-refractivity contribution >= 4 is 22.6 Å². The first-order valence-corrected chi connectivity index (χ1v) is 4.66. The lowest BCUT2D eigenvalue weighted by molar-refractivity contribution is 0.0700. The van der Waals surface area contributed by atoms with Crippen LogP contribution in [0, 0.1) is 6.92 Å². The number of carbonyl (C=O) groups is 1. The first-order valence-electron chi connectivity index (χ1n) is 4.66. The highest BCUT2D eigenvalue weighted by atomic mass is 16.4. The van der Waals surface area contributed by atoms with Gasteiger partial charge in [-0.15, -0.1) is 0 Å². The van der Waals surface area contributed by atoms with Gasteiger partial charge in [-0.2, -0.15) is 0 Å². The van der Waals surface area contributed by atoms with E-state index in [4.69, 9.17) is 10.8 Å². The van der Waals surface area contributed by atoms with Gasteiger partial charge in [-0.3, -0.25) is 4.79 Å². The van der Waals surface area contributed by atoms with E-state index in [1.165, 1.54) is 0 Å². The van der Waals surface area contributed by atoms with Crippen molar-refractivity contribution in [2.24, 2.45) is 0 Å². The van der Waals surface area contributed by atoms with Gasteiger partial charge >= 0.3 is 5.97 Å². The largest absolute Gasteiger partial charge is 0.478 e. The molecule has 0 aliphatic heterocycles. The highest BCUT2D eigenvalue weighted by Crippen LogP contribution is 2.20. The summed E-state index contributed by atoms with van der Waals surface area (Å²) in [7, 11) is 0. The highest BCUT2D eigenvalue weighted by molar-refractivity contribution is 6.06. The number of carboxylic acids is 1. The summed E-state index contributed by atoms with van der Waals surface area (Å²) >= 11 is 0. The summed E-state index contributed by atoms with van der Waals surface area (Å²) in [5.41, 5.74) is 5.88. The molecule has 0 fully saturated rings. The SMILES string of the molecule is Cc1ccc2[nH]c(=O)c(N)c(C(=O)O)c2c1. The first-order chi connectivity index (χ1) is 7.50. The number of carboxylic acid groups (broad SMARTS) is 1. The van der Waals surface area contributed by atoms with Gasteiger partial charge in [-0.1, -0.05) is 11.6 Å². The summed E-state index contributed by atoms with van der Waals surface area (Å²) in [6, 6.07) is 5.14. The molecule has 16 heavy (non-hydrogen) atoms. The van der Waals surface area contributed by atoms with Crippen molar-refractivity contribution in [3.63, 3.8) is 0 Å². The summed E-state index contributed by atoms with van der Waals surface area (Å²) in [4.78, 5) is 25.0. The first kappa shape index (κ1) is 10.2. The molecule has 2 rings (SSSR count). The van der Waals surface area contributed by atoms with Crippen LogP contribution in [0.4, 0.5) is 5.69 Å². The van der Waals surface area contributed by atoms with Crippen molar-refractivity contribution in [1.29, 1.82) is 0 Å². The third-order valence-electron chi connectivity index (χ3n) is 2.42. The molecule has 1 aromatic heterocycles. The maximum Gasteiger partial charge on any atom is 0.338 e. The zero-order valence-electron chi connectivity index (χ0n) is 8.57. The van der Waals surface area contributed by atoms with E-state index < -0.39 is 11.5 Å². The summed E-state index contributed by atoms with van der Waals surface area (Å²) in [6.07, 6.45) is 0. The standard InChI is InChI=1S/C11H10N2O3/c1-5-2-3-7-6(4-5)8(11(15)16)9(12)10(14)13-7/h2-4H,12H2,1H3,(H,13,14)(H,15,16). The molecule has 5 heteroatoms. The van der Waals surface area contributed by atoms with Gasteiger partial charge in [0.15, 0.2) is 0 Å². The number of aromatic amines is 1. The van der Waals surface area contributed by atoms with Gasteiger partial charge in [0.2, 0.25) is 0 Å². The normalized spacial score (nSPS) is 10.6. The van der Waals surface area contributed by atoms with Gasteiger partial charge < -0.3 is 15.8 Å². The van der Waals surface area contributed by atoms with Crippen LogP contribution in [0.2, 0.25) is 0 Å². The Morgan fingerprint density at radius 2 is 2.12 bits per heavy atom. The van der Waals surface area contributed by atoms with E-state index in [2.05, 4.69) is 4.98 Å². The molecule has 0 atom stereocenters. The van der Waals surface area contributed by atoms with Crippen LogP contribution in [-0.4, -0.2) is 16.1 Å². The maximum absolute atomic E-state index is 11.4. The number of hydrogen-bond donors (Lipinski definition) is 3. The minimum atomic E-state index is -1.20.